The van der Waals surface area contributed by atoms with E-state index in [2.05, 4.69) is 30.1 Å². The Labute approximate surface area is 116 Å². The van der Waals surface area contributed by atoms with E-state index in [9.17, 15) is 0 Å². The van der Waals surface area contributed by atoms with Crippen molar-refractivity contribution in [2.45, 2.75) is 46.4 Å². The molecule has 1 N–H and O–H groups in total. The van der Waals surface area contributed by atoms with E-state index in [0.717, 1.165) is 57.3 Å². The first kappa shape index (κ1) is 14.6. The predicted molar refractivity (Wildman–Crippen MR) is 76.1 cm³/mol. The normalized spacial score (nSPS) is 20.9. The van der Waals surface area contributed by atoms with Crippen LogP contribution < -0.4 is 5.32 Å². The fourth-order valence-corrected chi connectivity index (χ4v) is 2.50. The van der Waals surface area contributed by atoms with Gasteiger partial charge in [0.1, 0.15) is 11.5 Å². The van der Waals surface area contributed by atoms with Gasteiger partial charge in [-0.15, -0.1) is 0 Å². The Balaban J connectivity index is 1.88. The predicted octanol–water partition coefficient (Wildman–Crippen LogP) is 2.31. The van der Waals surface area contributed by atoms with E-state index in [1.165, 1.54) is 5.56 Å². The highest BCUT2D eigenvalue weighted by Gasteiger charge is 2.18. The van der Waals surface area contributed by atoms with Crippen molar-refractivity contribution in [1.82, 2.24) is 10.2 Å². The maximum Gasteiger partial charge on any atom is 0.118 e. The first-order valence-corrected chi connectivity index (χ1v) is 7.32. The molecule has 0 aromatic carbocycles. The van der Waals surface area contributed by atoms with Crippen molar-refractivity contribution >= 4 is 0 Å². The monoisotopic (exact) mass is 266 g/mol. The highest BCUT2D eigenvalue weighted by molar-refractivity contribution is 5.20. The first-order valence-electron chi connectivity index (χ1n) is 7.32. The number of nitrogens with zero attached hydrogens (tertiary/aromatic N) is 1. The van der Waals surface area contributed by atoms with Crippen LogP contribution in [0.25, 0.3) is 0 Å². The quantitative estimate of drug-likeness (QED) is 0.802. The summed E-state index contributed by atoms with van der Waals surface area (Å²) in [6.07, 6.45) is 1.49. The van der Waals surface area contributed by atoms with Crippen molar-refractivity contribution in [2.24, 2.45) is 0 Å². The van der Waals surface area contributed by atoms with Crippen molar-refractivity contribution in [1.29, 1.82) is 0 Å². The Kier molecular flexibility index (Phi) is 5.43. The van der Waals surface area contributed by atoms with Gasteiger partial charge in [0.2, 0.25) is 0 Å². The largest absolute Gasteiger partial charge is 0.465 e. The van der Waals surface area contributed by atoms with Crippen LogP contribution in [0.3, 0.4) is 0 Å². The van der Waals surface area contributed by atoms with Crippen LogP contribution in [0.2, 0.25) is 0 Å². The molecule has 0 aliphatic carbocycles. The Morgan fingerprint density at radius 1 is 1.47 bits per heavy atom. The number of hydrogen-bond acceptors (Lipinski definition) is 4. The molecule has 0 radical (unpaired) electrons. The van der Waals surface area contributed by atoms with Gasteiger partial charge >= 0.3 is 0 Å². The molecule has 1 unspecified atom stereocenters. The fraction of sp³-hybridized carbons (Fsp3) is 0.733. The molecule has 0 amide bonds. The van der Waals surface area contributed by atoms with Crippen LogP contribution in [-0.2, 0) is 17.8 Å². The second-order valence-corrected chi connectivity index (χ2v) is 5.39. The lowest BCUT2D eigenvalue weighted by molar-refractivity contribution is -0.0231. The molecule has 1 aromatic heterocycles. The van der Waals surface area contributed by atoms with Gasteiger partial charge in [0.05, 0.1) is 19.3 Å². The maximum absolute atomic E-state index is 5.86. The van der Waals surface area contributed by atoms with Crippen molar-refractivity contribution in [3.8, 4) is 0 Å². The molecular formula is C15H26N2O2. The number of aryl methyl sites for hydroxylation is 1. The minimum atomic E-state index is 0.329. The Hall–Kier alpha value is -0.840. The lowest BCUT2D eigenvalue weighted by Crippen LogP contribution is -2.40. The number of ether oxygens (including phenoxy) is 1. The summed E-state index contributed by atoms with van der Waals surface area (Å²) in [5.74, 6) is 2.11. The highest BCUT2D eigenvalue weighted by Crippen LogP contribution is 2.17. The van der Waals surface area contributed by atoms with Gasteiger partial charge in [0.15, 0.2) is 0 Å². The standard InChI is InChI=1S/C15H26N2O2/c1-4-5-16-9-14-8-15(19-13(14)3)11-17-6-7-18-12(2)10-17/h8,12,16H,4-7,9-11H2,1-3H3. The number of nitrogens with one attached hydrogen (secondary N) is 1. The topological polar surface area (TPSA) is 37.6 Å². The summed E-state index contributed by atoms with van der Waals surface area (Å²) in [5, 5.41) is 3.42. The van der Waals surface area contributed by atoms with Crippen LogP contribution in [0.1, 0.15) is 37.4 Å². The van der Waals surface area contributed by atoms with Crippen molar-refractivity contribution in [2.75, 3.05) is 26.2 Å². The van der Waals surface area contributed by atoms with Gasteiger partial charge in [-0.05, 0) is 32.9 Å². The molecular weight excluding hydrogens is 240 g/mol. The molecule has 2 heterocycles. The zero-order chi connectivity index (χ0) is 13.7. The summed E-state index contributed by atoms with van der Waals surface area (Å²) in [4.78, 5) is 2.40. The molecule has 1 aliphatic rings. The summed E-state index contributed by atoms with van der Waals surface area (Å²) >= 11 is 0. The van der Waals surface area contributed by atoms with Crippen LogP contribution in [-0.4, -0.2) is 37.2 Å². The van der Waals surface area contributed by atoms with Gasteiger partial charge in [-0.3, -0.25) is 4.90 Å². The lowest BCUT2D eigenvalue weighted by Gasteiger charge is -2.30. The minimum Gasteiger partial charge on any atom is -0.465 e. The summed E-state index contributed by atoms with van der Waals surface area (Å²) in [6, 6.07) is 2.19. The van der Waals surface area contributed by atoms with E-state index < -0.39 is 0 Å². The SMILES string of the molecule is CCCNCc1cc(CN2CCOC(C)C2)oc1C. The second kappa shape index (κ2) is 7.08. The van der Waals surface area contributed by atoms with Gasteiger partial charge in [-0.25, -0.2) is 0 Å². The zero-order valence-corrected chi connectivity index (χ0v) is 12.4. The molecule has 4 nitrogen and oxygen atoms in total. The average molecular weight is 266 g/mol. The number of morpholine rings is 1. The average Bonchev–Trinajstić information content (AvgIpc) is 2.70. The molecule has 0 spiro atoms. The molecule has 2 rings (SSSR count). The first-order chi connectivity index (χ1) is 9.19. The van der Waals surface area contributed by atoms with E-state index in [0.29, 0.717) is 6.10 Å². The van der Waals surface area contributed by atoms with E-state index >= 15 is 0 Å². The third-order valence-electron chi connectivity index (χ3n) is 3.52. The van der Waals surface area contributed by atoms with E-state index in [1.54, 1.807) is 0 Å². The van der Waals surface area contributed by atoms with Crippen LogP contribution in [0.15, 0.2) is 10.5 Å². The van der Waals surface area contributed by atoms with Gasteiger partial charge in [-0.1, -0.05) is 6.92 Å². The zero-order valence-electron chi connectivity index (χ0n) is 12.4. The molecule has 0 saturated carbocycles. The number of rotatable bonds is 6. The van der Waals surface area contributed by atoms with E-state index in [4.69, 9.17) is 9.15 Å². The summed E-state index contributed by atoms with van der Waals surface area (Å²) in [6.45, 7) is 12.0. The van der Waals surface area contributed by atoms with E-state index in [-0.39, 0.29) is 0 Å². The molecule has 1 fully saturated rings. The highest BCUT2D eigenvalue weighted by atomic mass is 16.5. The third-order valence-corrected chi connectivity index (χ3v) is 3.52. The third kappa shape index (κ3) is 4.34. The van der Waals surface area contributed by atoms with Crippen molar-refractivity contribution in [3.63, 3.8) is 0 Å². The number of hydrogen-bond donors (Lipinski definition) is 1. The lowest BCUT2D eigenvalue weighted by atomic mass is 10.2. The summed E-state index contributed by atoms with van der Waals surface area (Å²) in [5.41, 5.74) is 1.28. The maximum atomic E-state index is 5.86. The van der Waals surface area contributed by atoms with Crippen molar-refractivity contribution in [3.05, 3.63) is 23.2 Å². The molecule has 4 heteroatoms. The van der Waals surface area contributed by atoms with Gasteiger partial charge in [0.25, 0.3) is 0 Å². The molecule has 108 valence electrons. The van der Waals surface area contributed by atoms with Gasteiger partial charge in [0, 0.05) is 25.2 Å². The van der Waals surface area contributed by atoms with Crippen LogP contribution in [0.5, 0.6) is 0 Å². The summed E-state index contributed by atoms with van der Waals surface area (Å²) < 4.78 is 11.4. The Bertz CT molecular complexity index is 389. The van der Waals surface area contributed by atoms with Crippen LogP contribution in [0.4, 0.5) is 0 Å². The van der Waals surface area contributed by atoms with Crippen LogP contribution >= 0.6 is 0 Å². The minimum absolute atomic E-state index is 0.329. The molecule has 19 heavy (non-hydrogen) atoms. The Morgan fingerprint density at radius 2 is 2.32 bits per heavy atom. The van der Waals surface area contributed by atoms with E-state index in [1.807, 2.05) is 6.92 Å². The number of furan rings is 1. The molecule has 1 aromatic rings. The molecule has 1 aliphatic heterocycles. The fourth-order valence-electron chi connectivity index (χ4n) is 2.50. The molecule has 1 atom stereocenters. The Morgan fingerprint density at radius 3 is 3.05 bits per heavy atom. The smallest absolute Gasteiger partial charge is 0.118 e. The van der Waals surface area contributed by atoms with Gasteiger partial charge in [-0.2, -0.15) is 0 Å². The van der Waals surface area contributed by atoms with Crippen molar-refractivity contribution < 1.29 is 9.15 Å². The second-order valence-electron chi connectivity index (χ2n) is 5.39. The summed E-state index contributed by atoms with van der Waals surface area (Å²) in [7, 11) is 0. The van der Waals surface area contributed by atoms with Crippen LogP contribution in [0, 0.1) is 6.92 Å². The molecule has 1 saturated heterocycles. The molecule has 0 bridgehead atoms. The van der Waals surface area contributed by atoms with Gasteiger partial charge < -0.3 is 14.5 Å².